The van der Waals surface area contributed by atoms with Crippen LogP contribution < -0.4 is 5.32 Å². The van der Waals surface area contributed by atoms with E-state index in [0.29, 0.717) is 35.9 Å². The van der Waals surface area contributed by atoms with Crippen molar-refractivity contribution in [2.24, 2.45) is 0 Å². The van der Waals surface area contributed by atoms with Crippen molar-refractivity contribution in [3.63, 3.8) is 0 Å². The second kappa shape index (κ2) is 9.40. The fourth-order valence-corrected chi connectivity index (χ4v) is 4.41. The highest BCUT2D eigenvalue weighted by atomic mass is 19.1. The molecule has 6 nitrogen and oxygen atoms in total. The van der Waals surface area contributed by atoms with E-state index in [1.54, 1.807) is 12.1 Å². The van der Waals surface area contributed by atoms with E-state index in [0.717, 1.165) is 42.6 Å². The fraction of sp³-hybridized carbons (Fsp3) is 0.269. The third-order valence-electron chi connectivity index (χ3n) is 6.31. The second-order valence-electron chi connectivity index (χ2n) is 8.47. The molecule has 0 saturated carbocycles. The quantitative estimate of drug-likeness (QED) is 0.455. The summed E-state index contributed by atoms with van der Waals surface area (Å²) in [5.74, 6) is 0.919. The normalized spacial score (nSPS) is 14.5. The average molecular weight is 444 g/mol. The summed E-state index contributed by atoms with van der Waals surface area (Å²) in [5.41, 5.74) is 3.37. The van der Waals surface area contributed by atoms with E-state index in [2.05, 4.69) is 15.5 Å². The highest BCUT2D eigenvalue weighted by molar-refractivity contribution is 5.87. The van der Waals surface area contributed by atoms with Crippen LogP contribution in [-0.4, -0.2) is 39.1 Å². The van der Waals surface area contributed by atoms with Crippen LogP contribution >= 0.6 is 0 Å². The number of hydrogen-bond acceptors (Lipinski definition) is 4. The van der Waals surface area contributed by atoms with Gasteiger partial charge in [-0.1, -0.05) is 48.5 Å². The molecule has 5 rings (SSSR count). The second-order valence-corrected chi connectivity index (χ2v) is 8.47. The van der Waals surface area contributed by atoms with Crippen molar-refractivity contribution < 1.29 is 9.18 Å². The number of aromatic nitrogens is 3. The zero-order valence-electron chi connectivity index (χ0n) is 18.3. The molecule has 2 aromatic carbocycles. The average Bonchev–Trinajstić information content (AvgIpc) is 3.26. The number of pyridine rings is 1. The number of piperidine rings is 1. The van der Waals surface area contributed by atoms with Gasteiger partial charge in [-0.2, -0.15) is 5.10 Å². The first-order valence-corrected chi connectivity index (χ1v) is 11.3. The number of halogens is 1. The van der Waals surface area contributed by atoms with Gasteiger partial charge in [-0.15, -0.1) is 0 Å². The molecule has 7 heteroatoms. The van der Waals surface area contributed by atoms with Crippen LogP contribution in [0.4, 0.5) is 10.2 Å². The highest BCUT2D eigenvalue weighted by Gasteiger charge is 2.25. The highest BCUT2D eigenvalue weighted by Crippen LogP contribution is 2.29. The monoisotopic (exact) mass is 443 g/mol. The van der Waals surface area contributed by atoms with E-state index in [1.165, 1.54) is 6.07 Å². The van der Waals surface area contributed by atoms with Crippen molar-refractivity contribution in [2.75, 3.05) is 18.4 Å². The van der Waals surface area contributed by atoms with Gasteiger partial charge in [0.25, 0.3) is 0 Å². The summed E-state index contributed by atoms with van der Waals surface area (Å²) in [6.45, 7) is 1.84. The Hall–Kier alpha value is -3.74. The van der Waals surface area contributed by atoms with Gasteiger partial charge < -0.3 is 10.2 Å². The van der Waals surface area contributed by atoms with Gasteiger partial charge in [0, 0.05) is 36.8 Å². The first kappa shape index (κ1) is 21.1. The zero-order valence-corrected chi connectivity index (χ0v) is 18.3. The number of amides is 1. The fourth-order valence-electron chi connectivity index (χ4n) is 4.41. The minimum absolute atomic E-state index is 0.183. The Kier molecular flexibility index (Phi) is 6.02. The third kappa shape index (κ3) is 4.72. The number of benzene rings is 2. The van der Waals surface area contributed by atoms with Gasteiger partial charge in [0.15, 0.2) is 11.5 Å². The van der Waals surface area contributed by atoms with Crippen LogP contribution in [0.25, 0.3) is 11.0 Å². The van der Waals surface area contributed by atoms with Crippen LogP contribution in [0, 0.1) is 5.82 Å². The molecule has 0 bridgehead atoms. The first-order chi connectivity index (χ1) is 16.2. The van der Waals surface area contributed by atoms with Crippen LogP contribution in [0.15, 0.2) is 66.7 Å². The first-order valence-electron chi connectivity index (χ1n) is 11.3. The molecule has 0 aliphatic carbocycles. The van der Waals surface area contributed by atoms with Crippen LogP contribution in [0.2, 0.25) is 0 Å². The lowest BCUT2D eigenvalue weighted by Crippen LogP contribution is -2.38. The molecular weight excluding hydrogens is 417 g/mol. The number of carbonyl (C=O) groups is 1. The molecule has 1 amide bonds. The van der Waals surface area contributed by atoms with Gasteiger partial charge in [0.1, 0.15) is 5.82 Å². The Labute approximate surface area is 191 Å². The summed E-state index contributed by atoms with van der Waals surface area (Å²) in [6.07, 6.45) is 2.24. The van der Waals surface area contributed by atoms with E-state index in [9.17, 15) is 9.18 Å². The van der Waals surface area contributed by atoms with Crippen molar-refractivity contribution in [3.05, 3.63) is 89.4 Å². The standard InChI is InChI=1S/C26H26FN5O/c27-22-9-5-4-8-20(22)17-28-25-21-10-11-23(29-26(21)31-30-25)19-12-14-32(15-13-19)24(33)16-18-6-2-1-3-7-18/h1-11,19H,12-17H2,(H2,28,29,30,31). The lowest BCUT2D eigenvalue weighted by atomic mass is 9.92. The minimum atomic E-state index is -0.237. The number of fused-ring (bicyclic) bond motifs is 1. The predicted octanol–water partition coefficient (Wildman–Crippen LogP) is 4.66. The van der Waals surface area contributed by atoms with E-state index in [4.69, 9.17) is 4.98 Å². The van der Waals surface area contributed by atoms with Crippen LogP contribution in [0.1, 0.15) is 35.6 Å². The minimum Gasteiger partial charge on any atom is -0.364 e. The molecule has 1 aliphatic rings. The molecule has 0 spiro atoms. The number of nitrogens with one attached hydrogen (secondary N) is 2. The Balaban J connectivity index is 1.20. The Morgan fingerprint density at radius 3 is 2.58 bits per heavy atom. The molecule has 4 aromatic rings. The molecule has 33 heavy (non-hydrogen) atoms. The van der Waals surface area contributed by atoms with Gasteiger partial charge in [-0.25, -0.2) is 9.37 Å². The molecule has 2 N–H and O–H groups in total. The number of H-pyrrole nitrogens is 1. The topological polar surface area (TPSA) is 73.9 Å². The Morgan fingerprint density at radius 1 is 1.03 bits per heavy atom. The number of anilines is 1. The maximum absolute atomic E-state index is 13.9. The Bertz CT molecular complexity index is 1250. The molecule has 2 aromatic heterocycles. The van der Waals surface area contributed by atoms with Crippen LogP contribution in [-0.2, 0) is 17.8 Å². The summed E-state index contributed by atoms with van der Waals surface area (Å²) >= 11 is 0. The summed E-state index contributed by atoms with van der Waals surface area (Å²) < 4.78 is 13.9. The molecule has 168 valence electrons. The third-order valence-corrected chi connectivity index (χ3v) is 6.31. The molecule has 1 saturated heterocycles. The van der Waals surface area contributed by atoms with Gasteiger partial charge in [-0.05, 0) is 36.6 Å². The van der Waals surface area contributed by atoms with Gasteiger partial charge in [-0.3, -0.25) is 9.89 Å². The molecule has 1 fully saturated rings. The largest absolute Gasteiger partial charge is 0.364 e. The molecule has 0 atom stereocenters. The van der Waals surface area contributed by atoms with Crippen molar-refractivity contribution in [1.82, 2.24) is 20.1 Å². The molecule has 0 radical (unpaired) electrons. The van der Waals surface area contributed by atoms with E-state index in [1.807, 2.05) is 53.4 Å². The van der Waals surface area contributed by atoms with Crippen molar-refractivity contribution >= 4 is 22.8 Å². The SMILES string of the molecule is O=C(Cc1ccccc1)N1CCC(c2ccc3c(NCc4ccccc4F)n[nH]c3n2)CC1. The van der Waals surface area contributed by atoms with Gasteiger partial charge >= 0.3 is 0 Å². The van der Waals surface area contributed by atoms with Gasteiger partial charge in [0.05, 0.1) is 11.8 Å². The van der Waals surface area contributed by atoms with Crippen molar-refractivity contribution in [2.45, 2.75) is 31.7 Å². The summed E-state index contributed by atoms with van der Waals surface area (Å²) in [4.78, 5) is 19.4. The maximum Gasteiger partial charge on any atom is 0.226 e. The van der Waals surface area contributed by atoms with Gasteiger partial charge in [0.2, 0.25) is 5.91 Å². The summed E-state index contributed by atoms with van der Waals surface area (Å²) in [6, 6.07) is 20.6. The number of carbonyl (C=O) groups excluding carboxylic acids is 1. The van der Waals surface area contributed by atoms with E-state index in [-0.39, 0.29) is 11.7 Å². The predicted molar refractivity (Wildman–Crippen MR) is 126 cm³/mol. The van der Waals surface area contributed by atoms with Crippen molar-refractivity contribution in [1.29, 1.82) is 0 Å². The zero-order chi connectivity index (χ0) is 22.6. The molecular formula is C26H26FN5O. The number of rotatable bonds is 6. The van der Waals surface area contributed by atoms with Crippen LogP contribution in [0.5, 0.6) is 0 Å². The number of hydrogen-bond donors (Lipinski definition) is 2. The van der Waals surface area contributed by atoms with E-state index >= 15 is 0 Å². The summed E-state index contributed by atoms with van der Waals surface area (Å²) in [5, 5.41) is 11.4. The Morgan fingerprint density at radius 2 is 1.79 bits per heavy atom. The number of likely N-dealkylation sites (tertiary alicyclic amines) is 1. The van der Waals surface area contributed by atoms with E-state index < -0.39 is 0 Å². The number of nitrogens with zero attached hydrogens (tertiary/aromatic N) is 3. The molecule has 3 heterocycles. The summed E-state index contributed by atoms with van der Waals surface area (Å²) in [7, 11) is 0. The maximum atomic E-state index is 13.9. The molecule has 1 aliphatic heterocycles. The van der Waals surface area contributed by atoms with Crippen molar-refractivity contribution in [3.8, 4) is 0 Å². The lowest BCUT2D eigenvalue weighted by Gasteiger charge is -2.32. The smallest absolute Gasteiger partial charge is 0.226 e. The number of aromatic amines is 1. The lowest BCUT2D eigenvalue weighted by molar-refractivity contribution is -0.131. The van der Waals surface area contributed by atoms with Crippen LogP contribution in [0.3, 0.4) is 0 Å². The molecule has 0 unspecified atom stereocenters.